The molecule has 0 aliphatic rings. The van der Waals surface area contributed by atoms with E-state index in [9.17, 15) is 0 Å². The number of hydrogen-bond donors (Lipinski definition) is 1. The summed E-state index contributed by atoms with van der Waals surface area (Å²) in [5, 5.41) is 3.21. The molecule has 96 valence electrons. The van der Waals surface area contributed by atoms with Gasteiger partial charge in [0, 0.05) is 25.7 Å². The molecule has 3 heteroatoms. The van der Waals surface area contributed by atoms with Gasteiger partial charge in [0.15, 0.2) is 0 Å². The third kappa shape index (κ3) is 5.20. The van der Waals surface area contributed by atoms with Crippen molar-refractivity contribution in [1.29, 1.82) is 0 Å². The Kier molecular flexibility index (Phi) is 6.67. The second-order valence-corrected chi connectivity index (χ2v) is 3.98. The highest BCUT2D eigenvalue weighted by molar-refractivity contribution is 5.28. The standard InChI is InChI=1S/C14H23NO2/c1-4-16-10-5-11-17-14-8-6-13(7-9-14)12(2)15-3/h6-9,12,15H,4-5,10-11H2,1-3H3. The minimum absolute atomic E-state index is 0.377. The molecule has 0 aliphatic carbocycles. The predicted octanol–water partition coefficient (Wildman–Crippen LogP) is 2.77. The zero-order valence-electron chi connectivity index (χ0n) is 11.0. The van der Waals surface area contributed by atoms with E-state index in [4.69, 9.17) is 9.47 Å². The molecular weight excluding hydrogens is 214 g/mol. The quantitative estimate of drug-likeness (QED) is 0.705. The van der Waals surface area contributed by atoms with Gasteiger partial charge in [0.2, 0.25) is 0 Å². The van der Waals surface area contributed by atoms with Crippen LogP contribution in [-0.2, 0) is 4.74 Å². The van der Waals surface area contributed by atoms with Crippen LogP contribution in [0.1, 0.15) is 31.9 Å². The fourth-order valence-corrected chi connectivity index (χ4v) is 1.51. The van der Waals surface area contributed by atoms with E-state index >= 15 is 0 Å². The third-order valence-electron chi connectivity index (χ3n) is 2.72. The fraction of sp³-hybridized carbons (Fsp3) is 0.571. The molecule has 1 aromatic carbocycles. The Morgan fingerprint density at radius 3 is 2.47 bits per heavy atom. The van der Waals surface area contributed by atoms with Gasteiger partial charge in [-0.05, 0) is 38.6 Å². The molecule has 0 heterocycles. The molecule has 0 aromatic heterocycles. The monoisotopic (exact) mass is 237 g/mol. The highest BCUT2D eigenvalue weighted by Crippen LogP contribution is 2.17. The summed E-state index contributed by atoms with van der Waals surface area (Å²) >= 11 is 0. The van der Waals surface area contributed by atoms with E-state index in [0.29, 0.717) is 12.6 Å². The van der Waals surface area contributed by atoms with Crippen LogP contribution >= 0.6 is 0 Å². The van der Waals surface area contributed by atoms with Crippen molar-refractivity contribution in [2.24, 2.45) is 0 Å². The van der Waals surface area contributed by atoms with Crippen LogP contribution in [0.5, 0.6) is 5.75 Å². The van der Waals surface area contributed by atoms with Gasteiger partial charge >= 0.3 is 0 Å². The van der Waals surface area contributed by atoms with Crippen molar-refractivity contribution >= 4 is 0 Å². The molecule has 1 rings (SSSR count). The van der Waals surface area contributed by atoms with E-state index in [2.05, 4.69) is 24.4 Å². The highest BCUT2D eigenvalue weighted by Gasteiger charge is 2.01. The first kappa shape index (κ1) is 14.0. The van der Waals surface area contributed by atoms with Gasteiger partial charge in [0.1, 0.15) is 5.75 Å². The Morgan fingerprint density at radius 2 is 1.88 bits per heavy atom. The Hall–Kier alpha value is -1.06. The van der Waals surface area contributed by atoms with Crippen molar-refractivity contribution in [3.63, 3.8) is 0 Å². The van der Waals surface area contributed by atoms with Crippen LogP contribution in [0.25, 0.3) is 0 Å². The summed E-state index contributed by atoms with van der Waals surface area (Å²) in [5.41, 5.74) is 1.27. The summed E-state index contributed by atoms with van der Waals surface area (Å²) in [4.78, 5) is 0. The SMILES string of the molecule is CCOCCCOc1ccc(C(C)NC)cc1. The zero-order valence-corrected chi connectivity index (χ0v) is 11.0. The Labute approximate surface area is 104 Å². The van der Waals surface area contributed by atoms with Crippen LogP contribution in [0.4, 0.5) is 0 Å². The topological polar surface area (TPSA) is 30.5 Å². The molecule has 3 nitrogen and oxygen atoms in total. The van der Waals surface area contributed by atoms with Crippen molar-refractivity contribution in [1.82, 2.24) is 5.32 Å². The molecule has 0 spiro atoms. The number of benzene rings is 1. The molecule has 1 atom stereocenters. The van der Waals surface area contributed by atoms with Gasteiger partial charge in [-0.25, -0.2) is 0 Å². The molecule has 1 N–H and O–H groups in total. The van der Waals surface area contributed by atoms with Crippen LogP contribution in [0.2, 0.25) is 0 Å². The van der Waals surface area contributed by atoms with Crippen LogP contribution in [-0.4, -0.2) is 26.9 Å². The smallest absolute Gasteiger partial charge is 0.119 e. The lowest BCUT2D eigenvalue weighted by Gasteiger charge is -2.11. The molecule has 0 amide bonds. The fourth-order valence-electron chi connectivity index (χ4n) is 1.51. The second kappa shape index (κ2) is 8.09. The van der Waals surface area contributed by atoms with E-state index < -0.39 is 0 Å². The molecule has 1 aromatic rings. The van der Waals surface area contributed by atoms with Crippen molar-refractivity contribution in [2.75, 3.05) is 26.9 Å². The maximum Gasteiger partial charge on any atom is 0.119 e. The Bertz CT molecular complexity index is 298. The van der Waals surface area contributed by atoms with E-state index in [1.165, 1.54) is 5.56 Å². The largest absolute Gasteiger partial charge is 0.494 e. The average Bonchev–Trinajstić information content (AvgIpc) is 2.38. The molecule has 17 heavy (non-hydrogen) atoms. The van der Waals surface area contributed by atoms with Crippen LogP contribution < -0.4 is 10.1 Å². The molecule has 0 bridgehead atoms. The first-order valence-corrected chi connectivity index (χ1v) is 6.25. The summed E-state index contributed by atoms with van der Waals surface area (Å²) < 4.78 is 10.9. The summed E-state index contributed by atoms with van der Waals surface area (Å²) in [6.45, 7) is 6.39. The number of nitrogens with one attached hydrogen (secondary N) is 1. The van der Waals surface area contributed by atoms with E-state index in [-0.39, 0.29) is 0 Å². The van der Waals surface area contributed by atoms with Crippen LogP contribution in [0.15, 0.2) is 24.3 Å². The normalized spacial score (nSPS) is 12.4. The first-order chi connectivity index (χ1) is 8.27. The number of hydrogen-bond acceptors (Lipinski definition) is 3. The third-order valence-corrected chi connectivity index (χ3v) is 2.72. The lowest BCUT2D eigenvalue weighted by atomic mass is 10.1. The Balaban J connectivity index is 2.30. The van der Waals surface area contributed by atoms with Gasteiger partial charge < -0.3 is 14.8 Å². The summed E-state index contributed by atoms with van der Waals surface area (Å²) in [6.07, 6.45) is 0.933. The second-order valence-electron chi connectivity index (χ2n) is 3.98. The van der Waals surface area contributed by atoms with Gasteiger partial charge in [-0.1, -0.05) is 12.1 Å². The predicted molar refractivity (Wildman–Crippen MR) is 70.5 cm³/mol. The first-order valence-electron chi connectivity index (χ1n) is 6.25. The van der Waals surface area contributed by atoms with Gasteiger partial charge in [0.25, 0.3) is 0 Å². The number of ether oxygens (including phenoxy) is 2. The van der Waals surface area contributed by atoms with Crippen molar-refractivity contribution in [3.05, 3.63) is 29.8 Å². The molecule has 0 radical (unpaired) electrons. The van der Waals surface area contributed by atoms with Gasteiger partial charge in [-0.3, -0.25) is 0 Å². The van der Waals surface area contributed by atoms with Crippen LogP contribution in [0.3, 0.4) is 0 Å². The average molecular weight is 237 g/mol. The minimum atomic E-state index is 0.377. The lowest BCUT2D eigenvalue weighted by molar-refractivity contribution is 0.131. The van der Waals surface area contributed by atoms with Gasteiger partial charge in [-0.15, -0.1) is 0 Å². The van der Waals surface area contributed by atoms with Crippen molar-refractivity contribution < 1.29 is 9.47 Å². The number of rotatable bonds is 8. The van der Waals surface area contributed by atoms with Gasteiger partial charge in [0.05, 0.1) is 6.61 Å². The minimum Gasteiger partial charge on any atom is -0.494 e. The molecule has 0 aliphatic heterocycles. The molecule has 1 unspecified atom stereocenters. The van der Waals surface area contributed by atoms with Gasteiger partial charge in [-0.2, -0.15) is 0 Å². The summed E-state index contributed by atoms with van der Waals surface area (Å²) in [7, 11) is 1.96. The zero-order chi connectivity index (χ0) is 12.5. The molecular formula is C14H23NO2. The maximum atomic E-state index is 5.62. The van der Waals surface area contributed by atoms with E-state index in [0.717, 1.165) is 25.4 Å². The Morgan fingerprint density at radius 1 is 1.18 bits per heavy atom. The summed E-state index contributed by atoms with van der Waals surface area (Å²) in [6, 6.07) is 8.60. The summed E-state index contributed by atoms with van der Waals surface area (Å²) in [5.74, 6) is 0.925. The lowest BCUT2D eigenvalue weighted by Crippen LogP contribution is -2.12. The molecule has 0 saturated heterocycles. The van der Waals surface area contributed by atoms with Crippen molar-refractivity contribution in [2.45, 2.75) is 26.3 Å². The molecule has 0 saturated carbocycles. The molecule has 0 fully saturated rings. The van der Waals surface area contributed by atoms with Crippen molar-refractivity contribution in [3.8, 4) is 5.75 Å². The maximum absolute atomic E-state index is 5.62. The van der Waals surface area contributed by atoms with Crippen LogP contribution in [0, 0.1) is 0 Å². The van der Waals surface area contributed by atoms with E-state index in [1.807, 2.05) is 26.1 Å². The highest BCUT2D eigenvalue weighted by atomic mass is 16.5. The van der Waals surface area contributed by atoms with E-state index in [1.54, 1.807) is 0 Å².